The second-order valence-corrected chi connectivity index (χ2v) is 10.4. The van der Waals surface area contributed by atoms with Gasteiger partial charge in [-0.1, -0.05) is 43.8 Å². The van der Waals surface area contributed by atoms with Gasteiger partial charge in [0.25, 0.3) is 0 Å². The number of anilines is 1. The van der Waals surface area contributed by atoms with Crippen molar-refractivity contribution in [3.8, 4) is 11.4 Å². The first kappa shape index (κ1) is 22.1. The van der Waals surface area contributed by atoms with Gasteiger partial charge in [0.2, 0.25) is 5.91 Å². The summed E-state index contributed by atoms with van der Waals surface area (Å²) in [6, 6.07) is 6.04. The van der Waals surface area contributed by atoms with Crippen molar-refractivity contribution in [3.05, 3.63) is 45.1 Å². The molecule has 5 nitrogen and oxygen atoms in total. The fraction of sp³-hybridized carbons (Fsp3) is 0.458. The highest BCUT2D eigenvalue weighted by Gasteiger charge is 2.24. The molecular formula is C24H30N4OS2. The molecule has 3 aromatic rings. The van der Waals surface area contributed by atoms with Crippen LogP contribution < -0.4 is 5.32 Å². The number of carbonyl (C=O) groups excluding carboxylic acids is 1. The van der Waals surface area contributed by atoms with E-state index in [1.807, 2.05) is 43.4 Å². The molecule has 7 heteroatoms. The molecule has 0 saturated heterocycles. The van der Waals surface area contributed by atoms with Crippen molar-refractivity contribution in [2.24, 2.45) is 5.92 Å². The molecule has 0 spiro atoms. The number of aryl methyl sites for hydroxylation is 2. The average molecular weight is 455 g/mol. The number of hydrogen-bond donors (Lipinski definition) is 1. The molecule has 2 aromatic heterocycles. The Morgan fingerprint density at radius 3 is 2.81 bits per heavy atom. The van der Waals surface area contributed by atoms with Gasteiger partial charge in [0.15, 0.2) is 11.0 Å². The number of para-hydroxylation sites is 1. The van der Waals surface area contributed by atoms with Gasteiger partial charge in [0.05, 0.1) is 5.75 Å². The smallest absolute Gasteiger partial charge is 0.234 e. The number of rotatable bonds is 7. The topological polar surface area (TPSA) is 59.8 Å². The molecule has 1 aromatic carbocycles. The molecule has 1 aliphatic rings. The zero-order chi connectivity index (χ0) is 22.0. The summed E-state index contributed by atoms with van der Waals surface area (Å²) in [7, 11) is 0. The molecule has 0 fully saturated rings. The van der Waals surface area contributed by atoms with Crippen LogP contribution in [0, 0.1) is 19.8 Å². The van der Waals surface area contributed by atoms with Gasteiger partial charge in [-0.05, 0) is 62.1 Å². The zero-order valence-electron chi connectivity index (χ0n) is 18.7. The van der Waals surface area contributed by atoms with Crippen LogP contribution in [-0.4, -0.2) is 26.4 Å². The number of carbonyl (C=O) groups is 1. The summed E-state index contributed by atoms with van der Waals surface area (Å²) in [5.41, 5.74) is 5.75. The predicted octanol–water partition coefficient (Wildman–Crippen LogP) is 5.89. The maximum Gasteiger partial charge on any atom is 0.234 e. The lowest BCUT2D eigenvalue weighted by atomic mass is 9.88. The highest BCUT2D eigenvalue weighted by atomic mass is 32.2. The highest BCUT2D eigenvalue weighted by molar-refractivity contribution is 7.99. The largest absolute Gasteiger partial charge is 0.325 e. The van der Waals surface area contributed by atoms with Gasteiger partial charge in [-0.3, -0.25) is 4.79 Å². The number of amides is 1. The first-order valence-electron chi connectivity index (χ1n) is 11.0. The Kier molecular flexibility index (Phi) is 6.82. The summed E-state index contributed by atoms with van der Waals surface area (Å²) >= 11 is 3.32. The van der Waals surface area contributed by atoms with E-state index in [0.717, 1.165) is 53.1 Å². The maximum atomic E-state index is 12.6. The lowest BCUT2D eigenvalue weighted by Crippen LogP contribution is -2.16. The van der Waals surface area contributed by atoms with Gasteiger partial charge < -0.3 is 9.88 Å². The van der Waals surface area contributed by atoms with Gasteiger partial charge in [0.1, 0.15) is 0 Å². The summed E-state index contributed by atoms with van der Waals surface area (Å²) in [6.45, 7) is 9.38. The monoisotopic (exact) mass is 454 g/mol. The Balaban J connectivity index is 1.51. The zero-order valence-corrected chi connectivity index (χ0v) is 20.3. The Labute approximate surface area is 192 Å². The van der Waals surface area contributed by atoms with Crippen molar-refractivity contribution in [1.82, 2.24) is 14.8 Å². The molecule has 1 atom stereocenters. The lowest BCUT2D eigenvalue weighted by Gasteiger charge is -2.19. The number of thioether (sulfide) groups is 1. The van der Waals surface area contributed by atoms with Crippen molar-refractivity contribution < 1.29 is 4.79 Å². The molecule has 31 heavy (non-hydrogen) atoms. The van der Waals surface area contributed by atoms with E-state index in [9.17, 15) is 4.79 Å². The van der Waals surface area contributed by atoms with Gasteiger partial charge in [-0.25, -0.2) is 0 Å². The SMILES string of the molecule is CCCn1c(SCC(=O)Nc2c(C)cccc2C)nnc1-c1csc2c1CCC(C)C2. The molecule has 0 radical (unpaired) electrons. The van der Waals surface area contributed by atoms with E-state index in [1.54, 1.807) is 0 Å². The van der Waals surface area contributed by atoms with Crippen molar-refractivity contribution in [3.63, 3.8) is 0 Å². The van der Waals surface area contributed by atoms with E-state index in [2.05, 4.69) is 39.3 Å². The van der Waals surface area contributed by atoms with Gasteiger partial charge in [-0.2, -0.15) is 0 Å². The predicted molar refractivity (Wildman–Crippen MR) is 130 cm³/mol. The highest BCUT2D eigenvalue weighted by Crippen LogP contribution is 2.38. The van der Waals surface area contributed by atoms with E-state index >= 15 is 0 Å². The first-order valence-corrected chi connectivity index (χ1v) is 12.9. The second kappa shape index (κ2) is 9.57. The van der Waals surface area contributed by atoms with Crippen LogP contribution in [0.1, 0.15) is 48.3 Å². The number of hydrogen-bond acceptors (Lipinski definition) is 5. The Bertz CT molecular complexity index is 1070. The minimum Gasteiger partial charge on any atom is -0.325 e. The number of thiophene rings is 1. The minimum atomic E-state index is -0.0168. The van der Waals surface area contributed by atoms with Crippen LogP contribution in [0.5, 0.6) is 0 Å². The molecule has 1 amide bonds. The van der Waals surface area contributed by atoms with Gasteiger partial charge >= 0.3 is 0 Å². The van der Waals surface area contributed by atoms with E-state index in [4.69, 9.17) is 0 Å². The standard InChI is InChI=1S/C24H30N4OS2/c1-5-11-28-23(19-13-30-20-12-15(2)9-10-18(19)20)26-27-24(28)31-14-21(29)25-22-16(3)7-6-8-17(22)4/h6-8,13,15H,5,9-12,14H2,1-4H3,(H,25,29). The van der Waals surface area contributed by atoms with Gasteiger partial charge in [-0.15, -0.1) is 21.5 Å². The first-order chi connectivity index (χ1) is 15.0. The van der Waals surface area contributed by atoms with Crippen molar-refractivity contribution in [1.29, 1.82) is 0 Å². The summed E-state index contributed by atoms with van der Waals surface area (Å²) in [6.07, 6.45) is 4.52. The van der Waals surface area contributed by atoms with Crippen LogP contribution in [0.4, 0.5) is 5.69 Å². The van der Waals surface area contributed by atoms with Gasteiger partial charge in [0, 0.05) is 28.1 Å². The van der Waals surface area contributed by atoms with E-state index < -0.39 is 0 Å². The molecular weight excluding hydrogens is 424 g/mol. The van der Waals surface area contributed by atoms with Crippen LogP contribution >= 0.6 is 23.1 Å². The third-order valence-corrected chi connectivity index (χ3v) is 7.90. The number of nitrogens with zero attached hydrogens (tertiary/aromatic N) is 3. The molecule has 2 heterocycles. The Hall–Kier alpha value is -2.12. The molecule has 0 bridgehead atoms. The van der Waals surface area contributed by atoms with Crippen LogP contribution in [0.2, 0.25) is 0 Å². The third kappa shape index (κ3) is 4.72. The fourth-order valence-corrected chi connectivity index (χ4v) is 6.21. The summed E-state index contributed by atoms with van der Waals surface area (Å²) in [5, 5.41) is 15.2. The number of nitrogens with one attached hydrogen (secondary N) is 1. The quantitative estimate of drug-likeness (QED) is 0.452. The number of benzene rings is 1. The van der Waals surface area contributed by atoms with Crippen molar-refractivity contribution in [2.45, 2.75) is 65.1 Å². The molecule has 164 valence electrons. The number of fused-ring (bicyclic) bond motifs is 1. The van der Waals surface area contributed by atoms with E-state index in [-0.39, 0.29) is 5.91 Å². The molecule has 1 unspecified atom stereocenters. The summed E-state index contributed by atoms with van der Waals surface area (Å²) in [4.78, 5) is 14.1. The fourth-order valence-electron chi connectivity index (χ4n) is 4.20. The Morgan fingerprint density at radius 1 is 1.29 bits per heavy atom. The molecule has 4 rings (SSSR count). The van der Waals surface area contributed by atoms with E-state index in [1.165, 1.54) is 40.6 Å². The molecule has 1 aliphatic carbocycles. The second-order valence-electron chi connectivity index (χ2n) is 8.46. The average Bonchev–Trinajstić information content (AvgIpc) is 3.33. The molecule has 0 saturated carbocycles. The third-order valence-electron chi connectivity index (χ3n) is 5.88. The molecule has 1 N–H and O–H groups in total. The minimum absolute atomic E-state index is 0.0168. The van der Waals surface area contributed by atoms with Crippen LogP contribution in [0.25, 0.3) is 11.4 Å². The molecule has 0 aliphatic heterocycles. The van der Waals surface area contributed by atoms with E-state index in [0.29, 0.717) is 5.75 Å². The normalized spacial score (nSPS) is 15.7. The van der Waals surface area contributed by atoms with Crippen molar-refractivity contribution in [2.75, 3.05) is 11.1 Å². The van der Waals surface area contributed by atoms with Crippen LogP contribution in [-0.2, 0) is 24.2 Å². The maximum absolute atomic E-state index is 12.6. The van der Waals surface area contributed by atoms with Crippen LogP contribution in [0.3, 0.4) is 0 Å². The van der Waals surface area contributed by atoms with Crippen molar-refractivity contribution >= 4 is 34.7 Å². The summed E-state index contributed by atoms with van der Waals surface area (Å²) < 4.78 is 2.19. The van der Waals surface area contributed by atoms with Crippen LogP contribution in [0.15, 0.2) is 28.7 Å². The summed E-state index contributed by atoms with van der Waals surface area (Å²) in [5.74, 6) is 2.01. The number of aromatic nitrogens is 3. The Morgan fingerprint density at radius 2 is 2.06 bits per heavy atom. The lowest BCUT2D eigenvalue weighted by molar-refractivity contribution is -0.113.